The summed E-state index contributed by atoms with van der Waals surface area (Å²) in [6.07, 6.45) is 5.22. The molecule has 6 nitrogen and oxygen atoms in total. The number of hydrogen-bond donors (Lipinski definition) is 1. The Balaban J connectivity index is 1.69. The van der Waals surface area contributed by atoms with Crippen molar-refractivity contribution >= 4 is 44.4 Å². The summed E-state index contributed by atoms with van der Waals surface area (Å²) >= 11 is 7.79. The van der Waals surface area contributed by atoms with Gasteiger partial charge in [0.1, 0.15) is 0 Å². The van der Waals surface area contributed by atoms with Gasteiger partial charge in [-0.15, -0.1) is 11.3 Å². The third-order valence-corrected chi connectivity index (χ3v) is 6.21. The molecule has 5 aromatic rings. The summed E-state index contributed by atoms with van der Waals surface area (Å²) in [5.74, 6) is 0. The maximum absolute atomic E-state index is 13.4. The monoisotopic (exact) mass is 421 g/mol. The fraction of sp³-hybridized carbons (Fsp3) is 0.0952. The predicted octanol–water partition coefficient (Wildman–Crippen LogP) is 4.92. The molecule has 5 rings (SSSR count). The number of halogens is 1. The van der Waals surface area contributed by atoms with E-state index in [-0.39, 0.29) is 11.6 Å². The number of aromatic nitrogens is 4. The van der Waals surface area contributed by atoms with Gasteiger partial charge in [0.25, 0.3) is 5.56 Å². The highest BCUT2D eigenvalue weighted by atomic mass is 35.5. The molecule has 29 heavy (non-hydrogen) atoms. The quantitative estimate of drug-likeness (QED) is 0.447. The summed E-state index contributed by atoms with van der Waals surface area (Å²) in [6.45, 7) is 2.02. The molecule has 0 bridgehead atoms. The molecule has 144 valence electrons. The summed E-state index contributed by atoms with van der Waals surface area (Å²) in [6, 6.07) is 13.3. The molecule has 0 radical (unpaired) electrons. The first-order valence-electron chi connectivity index (χ1n) is 9.06. The van der Waals surface area contributed by atoms with Crippen LogP contribution in [-0.4, -0.2) is 19.2 Å². The van der Waals surface area contributed by atoms with E-state index in [1.807, 2.05) is 54.8 Å². The van der Waals surface area contributed by atoms with Crippen molar-refractivity contribution in [2.75, 3.05) is 5.32 Å². The highest BCUT2D eigenvalue weighted by Crippen LogP contribution is 2.31. The zero-order valence-electron chi connectivity index (χ0n) is 15.4. The highest BCUT2D eigenvalue weighted by molar-refractivity contribution is 7.17. The van der Waals surface area contributed by atoms with Gasteiger partial charge in [0.2, 0.25) is 0 Å². The standard InChI is InChI=1S/C21H16ClN5OS/c1-13(25-16-7-8-24-26-10-9-23-20(16)26)17-11-18-19(15(22)12-29-18)21(28)27(17)14-5-3-2-4-6-14/h2-13,25H,1H3/t13-/m0/s1. The number of fused-ring (bicyclic) bond motifs is 2. The molecule has 1 aromatic carbocycles. The van der Waals surface area contributed by atoms with Crippen molar-refractivity contribution in [1.29, 1.82) is 0 Å². The molecule has 0 unspecified atom stereocenters. The van der Waals surface area contributed by atoms with Gasteiger partial charge in [0, 0.05) is 33.9 Å². The average molecular weight is 422 g/mol. The van der Waals surface area contributed by atoms with Crippen molar-refractivity contribution in [3.8, 4) is 5.69 Å². The number of benzene rings is 1. The SMILES string of the molecule is C[C@H](Nc1ccnn2ccnc12)c1cc2scc(Cl)c2c(=O)n1-c1ccccc1. The van der Waals surface area contributed by atoms with Gasteiger partial charge >= 0.3 is 0 Å². The van der Waals surface area contributed by atoms with E-state index in [1.54, 1.807) is 27.7 Å². The number of thiophene rings is 1. The maximum atomic E-state index is 13.4. The van der Waals surface area contributed by atoms with E-state index in [4.69, 9.17) is 11.6 Å². The van der Waals surface area contributed by atoms with Crippen molar-refractivity contribution < 1.29 is 0 Å². The van der Waals surface area contributed by atoms with E-state index in [2.05, 4.69) is 15.4 Å². The Bertz CT molecular complexity index is 1390. The summed E-state index contributed by atoms with van der Waals surface area (Å²) in [5.41, 5.74) is 3.09. The van der Waals surface area contributed by atoms with Crippen molar-refractivity contribution in [3.05, 3.63) is 87.5 Å². The lowest BCUT2D eigenvalue weighted by Gasteiger charge is -2.21. The first-order chi connectivity index (χ1) is 14.1. The Morgan fingerprint density at radius 1 is 1.17 bits per heavy atom. The second kappa shape index (κ2) is 7.02. The van der Waals surface area contributed by atoms with E-state index in [1.165, 1.54) is 11.3 Å². The molecule has 0 saturated carbocycles. The van der Waals surface area contributed by atoms with Gasteiger partial charge in [-0.25, -0.2) is 9.50 Å². The largest absolute Gasteiger partial charge is 0.374 e. The summed E-state index contributed by atoms with van der Waals surface area (Å²) < 4.78 is 4.31. The normalized spacial score (nSPS) is 12.5. The molecule has 0 aliphatic heterocycles. The van der Waals surface area contributed by atoms with Gasteiger partial charge in [-0.2, -0.15) is 5.10 Å². The van der Waals surface area contributed by atoms with Crippen LogP contribution >= 0.6 is 22.9 Å². The molecular formula is C21H16ClN5OS. The second-order valence-corrected chi connectivity index (χ2v) is 7.99. The van der Waals surface area contributed by atoms with Crippen LogP contribution in [0.4, 0.5) is 5.69 Å². The molecule has 1 atom stereocenters. The van der Waals surface area contributed by atoms with Crippen LogP contribution in [0.25, 0.3) is 21.4 Å². The molecule has 0 amide bonds. The van der Waals surface area contributed by atoms with Crippen molar-refractivity contribution in [1.82, 2.24) is 19.2 Å². The number of rotatable bonds is 4. The first kappa shape index (κ1) is 17.9. The molecule has 4 aromatic heterocycles. The van der Waals surface area contributed by atoms with Crippen molar-refractivity contribution in [2.45, 2.75) is 13.0 Å². The Kier molecular flexibility index (Phi) is 4.34. The molecule has 0 spiro atoms. The first-order valence-corrected chi connectivity index (χ1v) is 10.3. The summed E-state index contributed by atoms with van der Waals surface area (Å²) in [7, 11) is 0. The summed E-state index contributed by atoms with van der Waals surface area (Å²) in [5, 5.41) is 10.6. The molecule has 0 saturated heterocycles. The zero-order valence-corrected chi connectivity index (χ0v) is 17.0. The van der Waals surface area contributed by atoms with Crippen LogP contribution in [0, 0.1) is 0 Å². The van der Waals surface area contributed by atoms with Crippen LogP contribution < -0.4 is 10.9 Å². The second-order valence-electron chi connectivity index (χ2n) is 6.67. The number of hydrogen-bond acceptors (Lipinski definition) is 5. The molecule has 8 heteroatoms. The van der Waals surface area contributed by atoms with E-state index in [0.29, 0.717) is 10.4 Å². The van der Waals surface area contributed by atoms with Gasteiger partial charge in [0.05, 0.1) is 28.3 Å². The topological polar surface area (TPSA) is 64.2 Å². The van der Waals surface area contributed by atoms with Crippen LogP contribution in [0.5, 0.6) is 0 Å². The van der Waals surface area contributed by atoms with Gasteiger partial charge in [-0.1, -0.05) is 29.8 Å². The van der Waals surface area contributed by atoms with Gasteiger partial charge in [-0.3, -0.25) is 9.36 Å². The smallest absolute Gasteiger partial charge is 0.265 e. The van der Waals surface area contributed by atoms with Crippen LogP contribution in [0.2, 0.25) is 5.02 Å². The number of nitrogens with one attached hydrogen (secondary N) is 1. The molecule has 4 heterocycles. The van der Waals surface area contributed by atoms with E-state index in [0.717, 1.165) is 27.4 Å². The van der Waals surface area contributed by atoms with Crippen LogP contribution in [0.15, 0.2) is 71.2 Å². The lowest BCUT2D eigenvalue weighted by atomic mass is 10.1. The van der Waals surface area contributed by atoms with Gasteiger partial charge < -0.3 is 5.32 Å². The number of anilines is 1. The fourth-order valence-electron chi connectivity index (χ4n) is 3.51. The van der Waals surface area contributed by atoms with Crippen LogP contribution in [0.1, 0.15) is 18.7 Å². The zero-order chi connectivity index (χ0) is 20.0. The van der Waals surface area contributed by atoms with E-state index >= 15 is 0 Å². The molecule has 0 fully saturated rings. The lowest BCUT2D eigenvalue weighted by Crippen LogP contribution is -2.25. The van der Waals surface area contributed by atoms with Gasteiger partial charge in [-0.05, 0) is 31.2 Å². The number of pyridine rings is 1. The Labute approximate surface area is 175 Å². The lowest BCUT2D eigenvalue weighted by molar-refractivity contribution is 0.777. The minimum absolute atomic E-state index is 0.121. The average Bonchev–Trinajstić information content (AvgIpc) is 3.36. The predicted molar refractivity (Wildman–Crippen MR) is 117 cm³/mol. The number of nitrogens with zero attached hydrogens (tertiary/aromatic N) is 4. The Morgan fingerprint density at radius 3 is 2.83 bits per heavy atom. The number of imidazole rings is 1. The molecule has 0 aliphatic rings. The van der Waals surface area contributed by atoms with E-state index < -0.39 is 0 Å². The minimum Gasteiger partial charge on any atom is -0.374 e. The van der Waals surface area contributed by atoms with Crippen LogP contribution in [-0.2, 0) is 0 Å². The van der Waals surface area contributed by atoms with Gasteiger partial charge in [0.15, 0.2) is 5.65 Å². The molecule has 0 aliphatic carbocycles. The minimum atomic E-state index is -0.170. The van der Waals surface area contributed by atoms with Crippen molar-refractivity contribution in [3.63, 3.8) is 0 Å². The van der Waals surface area contributed by atoms with Crippen LogP contribution in [0.3, 0.4) is 0 Å². The van der Waals surface area contributed by atoms with Crippen molar-refractivity contribution in [2.24, 2.45) is 0 Å². The Hall–Kier alpha value is -3.16. The number of para-hydroxylation sites is 1. The highest BCUT2D eigenvalue weighted by Gasteiger charge is 2.19. The Morgan fingerprint density at radius 2 is 2.00 bits per heavy atom. The fourth-order valence-corrected chi connectivity index (χ4v) is 4.74. The maximum Gasteiger partial charge on any atom is 0.265 e. The molecular weight excluding hydrogens is 406 g/mol. The third-order valence-electron chi connectivity index (χ3n) is 4.85. The molecule has 1 N–H and O–H groups in total. The third kappa shape index (κ3) is 2.99. The summed E-state index contributed by atoms with van der Waals surface area (Å²) in [4.78, 5) is 17.8. The van der Waals surface area contributed by atoms with E-state index in [9.17, 15) is 4.79 Å².